The van der Waals surface area contributed by atoms with Crippen LogP contribution in [0.1, 0.15) is 44.0 Å². The first-order chi connectivity index (χ1) is 12.0. The van der Waals surface area contributed by atoms with Gasteiger partial charge in [-0.2, -0.15) is 14.9 Å². The number of nitrogens with zero attached hydrogens (tertiary/aromatic N) is 3. The quantitative estimate of drug-likeness (QED) is 0.433. The highest BCUT2D eigenvalue weighted by Crippen LogP contribution is 2.28. The van der Waals surface area contributed by atoms with Crippen molar-refractivity contribution in [1.82, 2.24) is 14.9 Å². The Morgan fingerprint density at radius 2 is 2.08 bits per heavy atom. The second-order valence-electron chi connectivity index (χ2n) is 5.82. The third-order valence-corrected chi connectivity index (χ3v) is 5.09. The minimum atomic E-state index is 0.178. The predicted octanol–water partition coefficient (Wildman–Crippen LogP) is 5.35. The standard InChI is InChI=1S/C18H19BrN4OS/c1-3-11(4-2)17-21-22-18(25)23(17)20-10-15-14-7-6-13(19)9-12(14)5-8-16(15)24/h5-11,24H,3-4H2,1-2H3,(H,22,25)/b20-10-. The molecule has 0 fully saturated rings. The second-order valence-corrected chi connectivity index (χ2v) is 7.12. The predicted molar refractivity (Wildman–Crippen MR) is 107 cm³/mol. The summed E-state index contributed by atoms with van der Waals surface area (Å²) in [4.78, 5) is 0. The molecule has 3 rings (SSSR count). The molecule has 0 saturated carbocycles. The van der Waals surface area contributed by atoms with E-state index in [-0.39, 0.29) is 11.7 Å². The van der Waals surface area contributed by atoms with Crippen LogP contribution in [0.25, 0.3) is 10.8 Å². The molecule has 0 amide bonds. The number of nitrogens with one attached hydrogen (secondary N) is 1. The van der Waals surface area contributed by atoms with E-state index in [1.54, 1.807) is 17.0 Å². The molecule has 1 aromatic heterocycles. The lowest BCUT2D eigenvalue weighted by molar-refractivity contribution is 0.475. The van der Waals surface area contributed by atoms with Gasteiger partial charge < -0.3 is 5.11 Å². The van der Waals surface area contributed by atoms with Gasteiger partial charge in [-0.25, -0.2) is 0 Å². The third-order valence-electron chi connectivity index (χ3n) is 4.33. The normalized spacial score (nSPS) is 11.8. The molecule has 0 spiro atoms. The number of aromatic hydroxyl groups is 1. The zero-order valence-electron chi connectivity index (χ0n) is 14.0. The zero-order valence-corrected chi connectivity index (χ0v) is 16.4. The van der Waals surface area contributed by atoms with E-state index in [1.165, 1.54) is 0 Å². The smallest absolute Gasteiger partial charge is 0.216 e. The Labute approximate surface area is 159 Å². The lowest BCUT2D eigenvalue weighted by Crippen LogP contribution is -2.05. The second kappa shape index (κ2) is 7.49. The van der Waals surface area contributed by atoms with Gasteiger partial charge in [-0.1, -0.05) is 41.9 Å². The van der Waals surface area contributed by atoms with Crippen molar-refractivity contribution in [3.8, 4) is 5.75 Å². The van der Waals surface area contributed by atoms with Crippen LogP contribution in [0.5, 0.6) is 5.75 Å². The molecule has 7 heteroatoms. The van der Waals surface area contributed by atoms with E-state index in [1.807, 2.05) is 24.3 Å². The molecule has 1 heterocycles. The minimum absolute atomic E-state index is 0.178. The number of H-pyrrole nitrogens is 1. The number of phenolic OH excluding ortho intramolecular Hbond substituents is 1. The Kier molecular flexibility index (Phi) is 5.34. The molecule has 0 radical (unpaired) electrons. The summed E-state index contributed by atoms with van der Waals surface area (Å²) < 4.78 is 3.08. The average molecular weight is 419 g/mol. The van der Waals surface area contributed by atoms with Gasteiger partial charge in [0.15, 0.2) is 5.82 Å². The fraction of sp³-hybridized carbons (Fsp3) is 0.278. The van der Waals surface area contributed by atoms with Crippen molar-refractivity contribution in [3.63, 3.8) is 0 Å². The van der Waals surface area contributed by atoms with Gasteiger partial charge in [-0.05, 0) is 54.0 Å². The number of aromatic nitrogens is 3. The van der Waals surface area contributed by atoms with Crippen molar-refractivity contribution < 1.29 is 5.11 Å². The van der Waals surface area contributed by atoms with E-state index < -0.39 is 0 Å². The van der Waals surface area contributed by atoms with Crippen LogP contribution in [0.2, 0.25) is 0 Å². The lowest BCUT2D eigenvalue weighted by Gasteiger charge is -2.10. The summed E-state index contributed by atoms with van der Waals surface area (Å²) in [5.41, 5.74) is 0.656. The van der Waals surface area contributed by atoms with Gasteiger partial charge in [0.05, 0.1) is 6.21 Å². The van der Waals surface area contributed by atoms with Crippen LogP contribution in [0, 0.1) is 4.77 Å². The maximum Gasteiger partial charge on any atom is 0.216 e. The lowest BCUT2D eigenvalue weighted by atomic mass is 10.0. The van der Waals surface area contributed by atoms with Crippen molar-refractivity contribution in [2.45, 2.75) is 32.6 Å². The van der Waals surface area contributed by atoms with Gasteiger partial charge in [-0.3, -0.25) is 5.10 Å². The first-order valence-electron chi connectivity index (χ1n) is 8.18. The largest absolute Gasteiger partial charge is 0.507 e. The summed E-state index contributed by atoms with van der Waals surface area (Å²) in [5, 5.41) is 23.9. The molecule has 0 unspecified atom stereocenters. The summed E-state index contributed by atoms with van der Waals surface area (Å²) in [5.74, 6) is 1.27. The number of hydrogen-bond donors (Lipinski definition) is 2. The molecule has 0 aliphatic rings. The molecule has 0 atom stereocenters. The molecular weight excluding hydrogens is 400 g/mol. The Bertz CT molecular complexity index is 988. The van der Waals surface area contributed by atoms with Gasteiger partial charge in [-0.15, -0.1) is 0 Å². The Morgan fingerprint density at radius 3 is 2.80 bits per heavy atom. The zero-order chi connectivity index (χ0) is 18.0. The maximum absolute atomic E-state index is 10.3. The van der Waals surface area contributed by atoms with E-state index in [9.17, 15) is 5.11 Å². The van der Waals surface area contributed by atoms with Crippen LogP contribution >= 0.6 is 28.1 Å². The summed E-state index contributed by atoms with van der Waals surface area (Å²) >= 11 is 8.78. The van der Waals surface area contributed by atoms with E-state index in [2.05, 4.69) is 45.1 Å². The summed E-state index contributed by atoms with van der Waals surface area (Å²) in [7, 11) is 0. The molecule has 2 aromatic carbocycles. The maximum atomic E-state index is 10.3. The highest BCUT2D eigenvalue weighted by molar-refractivity contribution is 9.10. The van der Waals surface area contributed by atoms with Crippen LogP contribution in [-0.4, -0.2) is 26.2 Å². The number of halogens is 1. The highest BCUT2D eigenvalue weighted by atomic mass is 79.9. The van der Waals surface area contributed by atoms with Gasteiger partial charge in [0, 0.05) is 16.0 Å². The monoisotopic (exact) mass is 418 g/mol. The van der Waals surface area contributed by atoms with Gasteiger partial charge in [0.25, 0.3) is 0 Å². The average Bonchev–Trinajstić information content (AvgIpc) is 2.96. The first kappa shape index (κ1) is 17.8. The van der Waals surface area contributed by atoms with Crippen LogP contribution < -0.4 is 0 Å². The van der Waals surface area contributed by atoms with Crippen molar-refractivity contribution in [2.24, 2.45) is 5.10 Å². The molecule has 0 aliphatic heterocycles. The minimum Gasteiger partial charge on any atom is -0.507 e. The molecule has 0 aliphatic carbocycles. The number of hydrogen-bond acceptors (Lipinski definition) is 4. The number of phenols is 1. The van der Waals surface area contributed by atoms with Crippen molar-refractivity contribution in [1.29, 1.82) is 0 Å². The molecule has 25 heavy (non-hydrogen) atoms. The Hall–Kier alpha value is -1.99. The van der Waals surface area contributed by atoms with E-state index in [0.717, 1.165) is 33.9 Å². The summed E-state index contributed by atoms with van der Waals surface area (Å²) in [6.45, 7) is 4.24. The number of fused-ring (bicyclic) bond motifs is 1. The van der Waals surface area contributed by atoms with Gasteiger partial charge in [0.2, 0.25) is 4.77 Å². The van der Waals surface area contributed by atoms with E-state index in [0.29, 0.717) is 10.3 Å². The van der Waals surface area contributed by atoms with Crippen molar-refractivity contribution in [3.05, 3.63) is 51.0 Å². The molecule has 0 saturated heterocycles. The van der Waals surface area contributed by atoms with Crippen molar-refractivity contribution >= 4 is 45.1 Å². The topological polar surface area (TPSA) is 66.2 Å². The SMILES string of the molecule is CCC(CC)c1n[nH]c(=S)n1/N=C\c1c(O)ccc2cc(Br)ccc12. The molecule has 2 N–H and O–H groups in total. The van der Waals surface area contributed by atoms with E-state index >= 15 is 0 Å². The molecule has 5 nitrogen and oxygen atoms in total. The number of rotatable bonds is 5. The Balaban J connectivity index is 2.10. The third kappa shape index (κ3) is 3.52. The first-order valence-corrected chi connectivity index (χ1v) is 9.38. The molecule has 130 valence electrons. The van der Waals surface area contributed by atoms with Crippen molar-refractivity contribution in [2.75, 3.05) is 0 Å². The van der Waals surface area contributed by atoms with Crippen LogP contribution in [-0.2, 0) is 0 Å². The summed E-state index contributed by atoms with van der Waals surface area (Å²) in [6.07, 6.45) is 3.56. The Morgan fingerprint density at radius 1 is 1.32 bits per heavy atom. The molecule has 3 aromatic rings. The van der Waals surface area contributed by atoms with Crippen LogP contribution in [0.4, 0.5) is 0 Å². The number of aromatic amines is 1. The van der Waals surface area contributed by atoms with Gasteiger partial charge >= 0.3 is 0 Å². The van der Waals surface area contributed by atoms with Crippen LogP contribution in [0.15, 0.2) is 39.9 Å². The number of benzene rings is 2. The summed E-state index contributed by atoms with van der Waals surface area (Å²) in [6, 6.07) is 9.46. The fourth-order valence-corrected chi connectivity index (χ4v) is 3.46. The molecular formula is C18H19BrN4OS. The van der Waals surface area contributed by atoms with Gasteiger partial charge in [0.1, 0.15) is 5.75 Å². The highest BCUT2D eigenvalue weighted by Gasteiger charge is 2.15. The molecule has 0 bridgehead atoms. The van der Waals surface area contributed by atoms with E-state index in [4.69, 9.17) is 12.2 Å². The van der Waals surface area contributed by atoms with Crippen LogP contribution in [0.3, 0.4) is 0 Å². The fourth-order valence-electron chi connectivity index (χ4n) is 2.90.